The molecule has 0 atom stereocenters. The quantitative estimate of drug-likeness (QED) is 0.260. The molecule has 0 rings (SSSR count). The van der Waals surface area contributed by atoms with Crippen molar-refractivity contribution in [2.24, 2.45) is 5.90 Å². The van der Waals surface area contributed by atoms with Crippen molar-refractivity contribution in [2.45, 2.75) is 0 Å². The Balaban J connectivity index is -0.0000000133. The molecule has 0 aromatic carbocycles. The van der Waals surface area contributed by atoms with Gasteiger partial charge in [-0.05, 0) is 0 Å². The van der Waals surface area contributed by atoms with Crippen molar-refractivity contribution in [2.75, 3.05) is 7.11 Å². The summed E-state index contributed by atoms with van der Waals surface area (Å²) in [6, 6.07) is 0. The molecule has 3 nitrogen and oxygen atoms in total. The number of hydrogen-bond donors (Lipinski definition) is 3. The van der Waals surface area contributed by atoms with E-state index in [4.69, 9.17) is 10.3 Å². The first-order chi connectivity index (χ1) is 2.00. The van der Waals surface area contributed by atoms with Crippen LogP contribution in [-0.2, 0) is 0 Å². The zero-order valence-electron chi connectivity index (χ0n) is 3.47. The Morgan fingerprint density at radius 2 is 1.20 bits per heavy atom. The molecule has 0 saturated carbocycles. The van der Waals surface area contributed by atoms with Crippen LogP contribution in [0.4, 0.5) is 0 Å². The minimum absolute atomic E-state index is 0. The van der Waals surface area contributed by atoms with Gasteiger partial charge in [0.25, 0.3) is 0 Å². The molecule has 0 fully saturated rings. The van der Waals surface area contributed by atoms with E-state index in [-0.39, 0.29) is 51.4 Å². The van der Waals surface area contributed by atoms with Gasteiger partial charge in [0, 0.05) is 58.5 Å². The van der Waals surface area contributed by atoms with E-state index in [1.165, 1.54) is 0 Å². The van der Waals surface area contributed by atoms with Crippen LogP contribution >= 0.6 is 0 Å². The zero-order valence-corrected chi connectivity index (χ0v) is 6.59. The molecule has 4 heteroatoms. The van der Waals surface area contributed by atoms with E-state index in [2.05, 4.69) is 5.90 Å². The van der Waals surface area contributed by atoms with Gasteiger partial charge < -0.3 is 10.3 Å². The largest absolute Gasteiger partial charge is 0.400 e. The van der Waals surface area contributed by atoms with Gasteiger partial charge in [-0.3, -0.25) is 0 Å². The first kappa shape index (κ1) is 16.0. The van der Waals surface area contributed by atoms with E-state index in [0.29, 0.717) is 0 Å². The van der Waals surface area contributed by atoms with Gasteiger partial charge in [-0.1, -0.05) is 0 Å². The van der Waals surface area contributed by atoms with Crippen LogP contribution in [0.1, 0.15) is 0 Å². The summed E-state index contributed by atoms with van der Waals surface area (Å²) in [7, 11) is 1.00. The van der Waals surface area contributed by atoms with Crippen molar-refractivity contribution in [3.05, 3.63) is 0 Å². The topological polar surface area (TPSA) is 66.5 Å². The van der Waals surface area contributed by atoms with Crippen LogP contribution in [0.3, 0.4) is 0 Å². The summed E-state index contributed by atoms with van der Waals surface area (Å²) in [5, 5.41) is 13.5. The second kappa shape index (κ2) is 48.9. The predicted octanol–water partition coefficient (Wildman–Crippen LogP) is -1.44. The van der Waals surface area contributed by atoms with Gasteiger partial charge >= 0.3 is 0 Å². The van der Waals surface area contributed by atoms with Crippen LogP contribution in [-0.4, -0.2) is 68.8 Å². The van der Waals surface area contributed by atoms with Crippen molar-refractivity contribution in [1.82, 2.24) is 0 Å². The third kappa shape index (κ3) is 29.7. The third-order valence-corrected chi connectivity index (χ3v) is 0. The molecule has 4 N–H and O–H groups in total. The molecule has 0 unspecified atom stereocenters. The fourth-order valence-electron chi connectivity index (χ4n) is 0. The summed E-state index contributed by atoms with van der Waals surface area (Å²) in [5.74, 6) is 3.50. The Morgan fingerprint density at radius 1 is 1.20 bits per heavy atom. The van der Waals surface area contributed by atoms with E-state index < -0.39 is 0 Å². The standard InChI is InChI=1S/CH4O.K.H3NO/c1-2;;1-2/h2H,1H3;;2H,1H2. The van der Waals surface area contributed by atoms with Gasteiger partial charge in [-0.25, -0.2) is 5.90 Å². The molecule has 0 amide bonds. The van der Waals surface area contributed by atoms with E-state index in [0.717, 1.165) is 7.11 Å². The Morgan fingerprint density at radius 3 is 1.20 bits per heavy atom. The molecule has 0 saturated heterocycles. The van der Waals surface area contributed by atoms with Crippen LogP contribution in [0.15, 0.2) is 0 Å². The minimum atomic E-state index is 0. The van der Waals surface area contributed by atoms with E-state index in [1.54, 1.807) is 0 Å². The minimum Gasteiger partial charge on any atom is -0.400 e. The summed E-state index contributed by atoms with van der Waals surface area (Å²) in [6.45, 7) is 0. The van der Waals surface area contributed by atoms with Crippen molar-refractivity contribution in [3.63, 3.8) is 0 Å². The van der Waals surface area contributed by atoms with Crippen LogP contribution < -0.4 is 5.90 Å². The van der Waals surface area contributed by atoms with Gasteiger partial charge in [0.1, 0.15) is 0 Å². The number of aliphatic hydroxyl groups excluding tert-OH is 1. The maximum atomic E-state index is 7.00. The summed E-state index contributed by atoms with van der Waals surface area (Å²) in [5.41, 5.74) is 0. The smallest absolute Gasteiger partial charge is 0.0319 e. The molecule has 5 heavy (non-hydrogen) atoms. The van der Waals surface area contributed by atoms with Gasteiger partial charge in [-0.15, -0.1) is 0 Å². The molecule has 1 radical (unpaired) electrons. The number of nitrogens with two attached hydrogens (primary N) is 1. The first-order valence-corrected chi connectivity index (χ1v) is 0.705. The molecule has 0 heterocycles. The maximum absolute atomic E-state index is 7.00. The number of rotatable bonds is 0. The fraction of sp³-hybridized carbons (Fsp3) is 1.00. The summed E-state index contributed by atoms with van der Waals surface area (Å²) in [6.07, 6.45) is 0. The zero-order chi connectivity index (χ0) is 4.00. The molecule has 29 valence electrons. The molecule has 0 bridgehead atoms. The normalized spacial score (nSPS) is 2.40. The van der Waals surface area contributed by atoms with Crippen molar-refractivity contribution >= 4 is 51.4 Å². The number of aliphatic hydroxyl groups is 1. The fourth-order valence-corrected chi connectivity index (χ4v) is 0. The Hall–Kier alpha value is 1.52. The van der Waals surface area contributed by atoms with Crippen LogP contribution in [0.5, 0.6) is 0 Å². The molecular weight excluding hydrogens is 97.1 g/mol. The Bertz CT molecular complexity index is 9.61. The van der Waals surface area contributed by atoms with Gasteiger partial charge in [0.15, 0.2) is 0 Å². The molecular formula is CH7KNO2. The Kier molecular flexibility index (Phi) is 157. The molecule has 0 aliphatic rings. The average molecular weight is 104 g/mol. The number of hydrogen-bond acceptors (Lipinski definition) is 3. The second-order valence-electron chi connectivity index (χ2n) is 0. The first-order valence-electron chi connectivity index (χ1n) is 0.705. The Labute approximate surface area is 73.6 Å². The van der Waals surface area contributed by atoms with Crippen LogP contribution in [0.25, 0.3) is 0 Å². The SMILES string of the molecule is CO.NO.[K]. The van der Waals surface area contributed by atoms with Crippen molar-refractivity contribution in [3.8, 4) is 0 Å². The predicted molar refractivity (Wildman–Crippen MR) is 19.9 cm³/mol. The average Bonchev–Trinajstić information content (AvgIpc) is 1.50. The van der Waals surface area contributed by atoms with Gasteiger partial charge in [-0.2, -0.15) is 0 Å². The molecule has 0 spiro atoms. The molecule has 0 aromatic heterocycles. The van der Waals surface area contributed by atoms with Crippen molar-refractivity contribution < 1.29 is 10.3 Å². The van der Waals surface area contributed by atoms with E-state index >= 15 is 0 Å². The van der Waals surface area contributed by atoms with E-state index in [1.807, 2.05) is 0 Å². The second-order valence-corrected chi connectivity index (χ2v) is 0. The van der Waals surface area contributed by atoms with Crippen LogP contribution in [0.2, 0.25) is 0 Å². The summed E-state index contributed by atoms with van der Waals surface area (Å²) >= 11 is 0. The monoisotopic (exact) mass is 104 g/mol. The summed E-state index contributed by atoms with van der Waals surface area (Å²) in [4.78, 5) is 0. The van der Waals surface area contributed by atoms with Crippen molar-refractivity contribution in [1.29, 1.82) is 0 Å². The van der Waals surface area contributed by atoms with E-state index in [9.17, 15) is 0 Å². The van der Waals surface area contributed by atoms with Crippen LogP contribution in [0, 0.1) is 0 Å². The molecule has 0 aromatic rings. The molecule has 0 aliphatic heterocycles. The maximum Gasteiger partial charge on any atom is 0.0319 e. The summed E-state index contributed by atoms with van der Waals surface area (Å²) < 4.78 is 0. The third-order valence-electron chi connectivity index (χ3n) is 0. The van der Waals surface area contributed by atoms with Gasteiger partial charge in [0.05, 0.1) is 0 Å². The van der Waals surface area contributed by atoms with Gasteiger partial charge in [0.2, 0.25) is 0 Å². The molecule has 0 aliphatic carbocycles.